The summed E-state index contributed by atoms with van der Waals surface area (Å²) in [5, 5.41) is 0. The van der Waals surface area contributed by atoms with Crippen LogP contribution in [0, 0.1) is 0 Å². The second-order valence-electron chi connectivity index (χ2n) is 4.09. The zero-order chi connectivity index (χ0) is 17.1. The molecule has 4 nitrogen and oxygen atoms in total. The SMILES string of the molecule is CO[Si](OC)(OCOC(C)C)C(F)(F)C(F)(F)C(F)(F)F. The van der Waals surface area contributed by atoms with Crippen molar-refractivity contribution < 1.29 is 48.7 Å². The van der Waals surface area contributed by atoms with Crippen molar-refractivity contribution in [2.45, 2.75) is 37.6 Å². The fraction of sp³-hybridized carbons (Fsp3) is 1.00. The van der Waals surface area contributed by atoms with Crippen molar-refractivity contribution in [3.05, 3.63) is 0 Å². The zero-order valence-electron chi connectivity index (χ0n) is 11.6. The molecule has 128 valence electrons. The highest BCUT2D eigenvalue weighted by atomic mass is 28.4. The maximum Gasteiger partial charge on any atom is 0.583 e. The lowest BCUT2D eigenvalue weighted by Gasteiger charge is -2.37. The van der Waals surface area contributed by atoms with Crippen LogP contribution in [0.25, 0.3) is 0 Å². The lowest BCUT2D eigenvalue weighted by Crippen LogP contribution is -2.70. The second kappa shape index (κ2) is 6.77. The molecule has 21 heavy (non-hydrogen) atoms. The first-order valence-corrected chi connectivity index (χ1v) is 7.19. The number of hydrogen-bond acceptors (Lipinski definition) is 4. The number of alkyl halides is 7. The Morgan fingerprint density at radius 1 is 0.905 bits per heavy atom. The average Bonchev–Trinajstić information content (AvgIpc) is 2.32. The largest absolute Gasteiger partial charge is 0.583 e. The second-order valence-corrected chi connectivity index (χ2v) is 6.93. The summed E-state index contributed by atoms with van der Waals surface area (Å²) in [6.07, 6.45) is -7.05. The van der Waals surface area contributed by atoms with Crippen LogP contribution in [-0.4, -0.2) is 53.6 Å². The Hall–Kier alpha value is -0.433. The van der Waals surface area contributed by atoms with Crippen LogP contribution in [0.2, 0.25) is 0 Å². The maximum absolute atomic E-state index is 13.7. The third-order valence-electron chi connectivity index (χ3n) is 2.32. The maximum atomic E-state index is 13.7. The van der Waals surface area contributed by atoms with Gasteiger partial charge >= 0.3 is 26.4 Å². The van der Waals surface area contributed by atoms with Crippen LogP contribution in [0.15, 0.2) is 0 Å². The topological polar surface area (TPSA) is 36.9 Å². The molecule has 0 aromatic rings. The van der Waals surface area contributed by atoms with Gasteiger partial charge in [0.2, 0.25) is 0 Å². The van der Waals surface area contributed by atoms with Crippen molar-refractivity contribution in [3.8, 4) is 0 Å². The molecule has 0 aromatic heterocycles. The highest BCUT2D eigenvalue weighted by molar-refractivity contribution is 6.63. The van der Waals surface area contributed by atoms with Crippen LogP contribution in [0.4, 0.5) is 30.7 Å². The predicted molar refractivity (Wildman–Crippen MR) is 57.9 cm³/mol. The van der Waals surface area contributed by atoms with Gasteiger partial charge in [0.15, 0.2) is 0 Å². The van der Waals surface area contributed by atoms with Crippen molar-refractivity contribution in [1.29, 1.82) is 0 Å². The Kier molecular flexibility index (Phi) is 6.63. The van der Waals surface area contributed by atoms with Gasteiger partial charge in [0.1, 0.15) is 6.79 Å². The molecular weight excluding hydrogens is 333 g/mol. The zero-order valence-corrected chi connectivity index (χ0v) is 12.6. The molecule has 0 unspecified atom stereocenters. The summed E-state index contributed by atoms with van der Waals surface area (Å²) in [5.41, 5.74) is -5.73. The van der Waals surface area contributed by atoms with Crippen molar-refractivity contribution in [2.75, 3.05) is 21.0 Å². The highest BCUT2D eigenvalue weighted by Gasteiger charge is 2.85. The van der Waals surface area contributed by atoms with Crippen LogP contribution in [0.3, 0.4) is 0 Å². The molecule has 0 bridgehead atoms. The number of ether oxygens (including phenoxy) is 1. The van der Waals surface area contributed by atoms with Gasteiger partial charge in [-0.2, -0.15) is 30.7 Å². The third-order valence-corrected chi connectivity index (χ3v) is 4.98. The monoisotopic (exact) mass is 348 g/mol. The molecule has 0 heterocycles. The first-order valence-electron chi connectivity index (χ1n) is 5.47. The molecule has 0 spiro atoms. The summed E-state index contributed by atoms with van der Waals surface area (Å²) in [7, 11) is -4.73. The van der Waals surface area contributed by atoms with Gasteiger partial charge in [0.05, 0.1) is 6.10 Å². The van der Waals surface area contributed by atoms with Crippen LogP contribution in [-0.2, 0) is 18.0 Å². The van der Waals surface area contributed by atoms with E-state index in [1.54, 1.807) is 0 Å². The summed E-state index contributed by atoms with van der Waals surface area (Å²) in [5.74, 6) is -6.39. The van der Waals surface area contributed by atoms with E-state index in [4.69, 9.17) is 0 Å². The number of halogens is 7. The Morgan fingerprint density at radius 2 is 1.33 bits per heavy atom. The van der Waals surface area contributed by atoms with Gasteiger partial charge in [-0.05, 0) is 13.8 Å². The van der Waals surface area contributed by atoms with Gasteiger partial charge in [-0.1, -0.05) is 0 Å². The van der Waals surface area contributed by atoms with E-state index in [1.165, 1.54) is 13.8 Å². The molecule has 0 radical (unpaired) electrons. The normalized spacial score (nSPS) is 14.9. The van der Waals surface area contributed by atoms with Crippen molar-refractivity contribution >= 4 is 8.80 Å². The quantitative estimate of drug-likeness (QED) is 0.384. The summed E-state index contributed by atoms with van der Waals surface area (Å²) < 4.78 is 107. The fourth-order valence-electron chi connectivity index (χ4n) is 1.17. The van der Waals surface area contributed by atoms with Crippen molar-refractivity contribution in [1.82, 2.24) is 0 Å². The third kappa shape index (κ3) is 3.86. The van der Waals surface area contributed by atoms with E-state index < -0.39 is 39.3 Å². The van der Waals surface area contributed by atoms with Gasteiger partial charge < -0.3 is 18.0 Å². The Balaban J connectivity index is 5.51. The van der Waals surface area contributed by atoms with E-state index in [0.717, 1.165) is 0 Å². The molecule has 0 saturated heterocycles. The van der Waals surface area contributed by atoms with Crippen LogP contribution in [0.1, 0.15) is 13.8 Å². The van der Waals surface area contributed by atoms with E-state index in [2.05, 4.69) is 18.0 Å². The standard InChI is InChI=1S/C9H15F7O4Si/c1-6(2)19-5-20-21(17-3,18-4)9(15,16)7(10,11)8(12,13)14/h6H,5H2,1-4H3. The van der Waals surface area contributed by atoms with Gasteiger partial charge in [0, 0.05) is 14.2 Å². The molecule has 0 aromatic carbocycles. The van der Waals surface area contributed by atoms with Crippen LogP contribution < -0.4 is 0 Å². The average molecular weight is 348 g/mol. The molecule has 0 fully saturated rings. The van der Waals surface area contributed by atoms with E-state index in [9.17, 15) is 30.7 Å². The van der Waals surface area contributed by atoms with Gasteiger partial charge in [-0.15, -0.1) is 0 Å². The van der Waals surface area contributed by atoms with Crippen molar-refractivity contribution in [2.24, 2.45) is 0 Å². The minimum atomic E-state index is -6.51. The first-order chi connectivity index (χ1) is 9.29. The first kappa shape index (κ1) is 20.6. The summed E-state index contributed by atoms with van der Waals surface area (Å²) in [6.45, 7) is 1.94. The molecule has 0 amide bonds. The summed E-state index contributed by atoms with van der Waals surface area (Å²) >= 11 is 0. The molecule has 12 heteroatoms. The van der Waals surface area contributed by atoms with E-state index in [1.807, 2.05) is 0 Å². The Morgan fingerprint density at radius 3 is 1.62 bits per heavy atom. The molecule has 0 aliphatic heterocycles. The minimum absolute atomic E-state index is 0.492. The van der Waals surface area contributed by atoms with Gasteiger partial charge in [-0.25, -0.2) is 0 Å². The summed E-state index contributed by atoms with van der Waals surface area (Å²) in [4.78, 5) is 0. The van der Waals surface area contributed by atoms with Crippen LogP contribution in [0.5, 0.6) is 0 Å². The minimum Gasteiger partial charge on any atom is -0.373 e. The smallest absolute Gasteiger partial charge is 0.373 e. The predicted octanol–water partition coefficient (Wildman–Crippen LogP) is 2.99. The van der Waals surface area contributed by atoms with Crippen molar-refractivity contribution in [3.63, 3.8) is 0 Å². The molecule has 0 rings (SSSR count). The molecule has 0 saturated carbocycles. The molecule has 0 aliphatic rings. The van der Waals surface area contributed by atoms with Crippen LogP contribution >= 0.6 is 0 Å². The Bertz CT molecular complexity index is 331. The number of rotatable bonds is 8. The van der Waals surface area contributed by atoms with Gasteiger partial charge in [-0.3, -0.25) is 0 Å². The molecule has 0 aliphatic carbocycles. The van der Waals surface area contributed by atoms with Gasteiger partial charge in [0.25, 0.3) is 0 Å². The van der Waals surface area contributed by atoms with E-state index in [0.29, 0.717) is 14.2 Å². The lowest BCUT2D eigenvalue weighted by molar-refractivity contribution is -0.345. The summed E-state index contributed by atoms with van der Waals surface area (Å²) in [6, 6.07) is 0. The number of hydrogen-bond donors (Lipinski definition) is 0. The van der Waals surface area contributed by atoms with E-state index >= 15 is 0 Å². The highest BCUT2D eigenvalue weighted by Crippen LogP contribution is 2.50. The van der Waals surface area contributed by atoms with E-state index in [-0.39, 0.29) is 0 Å². The Labute approximate surface area is 117 Å². The molecule has 0 atom stereocenters. The lowest BCUT2D eigenvalue weighted by atomic mass is 10.3. The molecular formula is C9H15F7O4Si. The molecule has 0 N–H and O–H groups in total. The fourth-order valence-corrected chi connectivity index (χ4v) is 3.01.